The zero-order valence-corrected chi connectivity index (χ0v) is 19.7. The van der Waals surface area contributed by atoms with E-state index >= 15 is 0 Å². The van der Waals surface area contributed by atoms with E-state index in [4.69, 9.17) is 9.05 Å². The quantitative estimate of drug-likeness (QED) is 0.380. The Morgan fingerprint density at radius 1 is 1.05 bits per heavy atom. The molecule has 0 unspecified atom stereocenters. The number of hydrogen-bond donors (Lipinski definition) is 2. The van der Waals surface area contributed by atoms with E-state index in [0.29, 0.717) is 48.1 Å². The number of fused-ring (bicyclic) bond motifs is 3. The van der Waals surface area contributed by atoms with Crippen molar-refractivity contribution in [1.82, 2.24) is 15.6 Å². The van der Waals surface area contributed by atoms with Crippen molar-refractivity contribution in [3.05, 3.63) is 70.8 Å². The van der Waals surface area contributed by atoms with E-state index in [1.165, 1.54) is 12.1 Å². The summed E-state index contributed by atoms with van der Waals surface area (Å²) in [6.45, 7) is 0. The molecule has 38 heavy (non-hydrogen) atoms. The van der Waals surface area contributed by atoms with Gasteiger partial charge in [0.1, 0.15) is 16.8 Å². The minimum absolute atomic E-state index is 0.112. The summed E-state index contributed by atoms with van der Waals surface area (Å²) >= 11 is 0. The second-order valence-corrected chi connectivity index (χ2v) is 9.44. The van der Waals surface area contributed by atoms with E-state index in [9.17, 15) is 28.3 Å². The summed E-state index contributed by atoms with van der Waals surface area (Å²) in [5.74, 6) is -1.18. The fourth-order valence-electron chi connectivity index (χ4n) is 4.76. The second kappa shape index (κ2) is 8.56. The number of alkyl halides is 3. The number of nitriles is 1. The fourth-order valence-corrected chi connectivity index (χ4v) is 4.76. The first-order valence-electron chi connectivity index (χ1n) is 11.9. The molecule has 2 aromatic carbocycles. The molecule has 1 saturated carbocycles. The number of aliphatic hydroxyl groups is 1. The van der Waals surface area contributed by atoms with Crippen molar-refractivity contribution >= 4 is 5.91 Å². The number of rotatable bonds is 5. The summed E-state index contributed by atoms with van der Waals surface area (Å²) in [5, 5.41) is 30.1. The number of carbonyl (C=O) groups is 1. The molecule has 1 amide bonds. The summed E-state index contributed by atoms with van der Waals surface area (Å²) in [6.07, 6.45) is -4.44. The van der Waals surface area contributed by atoms with Crippen molar-refractivity contribution in [3.63, 3.8) is 0 Å². The van der Waals surface area contributed by atoms with Crippen LogP contribution in [0.2, 0.25) is 0 Å². The molecule has 4 aromatic rings. The highest BCUT2D eigenvalue weighted by molar-refractivity contribution is 5.84. The van der Waals surface area contributed by atoms with Crippen LogP contribution < -0.4 is 5.32 Å². The van der Waals surface area contributed by atoms with Gasteiger partial charge in [0.2, 0.25) is 0 Å². The van der Waals surface area contributed by atoms with Crippen LogP contribution in [0, 0.1) is 11.3 Å². The van der Waals surface area contributed by atoms with E-state index in [0.717, 1.165) is 5.56 Å². The van der Waals surface area contributed by atoms with Crippen LogP contribution in [0.1, 0.15) is 41.2 Å². The highest BCUT2D eigenvalue weighted by Gasteiger charge is 2.46. The molecular weight excluding hydrogens is 501 g/mol. The van der Waals surface area contributed by atoms with E-state index in [1.807, 2.05) is 6.07 Å². The molecular formula is C27H19F3N4O4. The lowest BCUT2D eigenvalue weighted by molar-refractivity contribution is -0.137. The molecule has 0 aliphatic heterocycles. The Hall–Kier alpha value is -4.43. The molecule has 192 valence electrons. The van der Waals surface area contributed by atoms with E-state index < -0.39 is 40.7 Å². The Morgan fingerprint density at radius 2 is 1.76 bits per heavy atom. The highest BCUT2D eigenvalue weighted by atomic mass is 19.4. The van der Waals surface area contributed by atoms with Crippen LogP contribution in [0.25, 0.3) is 34.0 Å². The molecule has 11 heteroatoms. The van der Waals surface area contributed by atoms with E-state index in [2.05, 4.69) is 15.6 Å². The number of nitrogens with one attached hydrogen (secondary N) is 1. The normalized spacial score (nSPS) is 16.2. The number of amides is 1. The van der Waals surface area contributed by atoms with Crippen LogP contribution in [-0.4, -0.2) is 26.9 Å². The molecule has 0 bridgehead atoms. The first-order chi connectivity index (χ1) is 18.2. The van der Waals surface area contributed by atoms with Crippen molar-refractivity contribution in [3.8, 4) is 40.1 Å². The predicted octanol–water partition coefficient (Wildman–Crippen LogP) is 4.99. The monoisotopic (exact) mass is 520 g/mol. The van der Waals surface area contributed by atoms with Gasteiger partial charge in [-0.1, -0.05) is 58.8 Å². The fraction of sp³-hybridized carbons (Fsp3) is 0.259. The van der Waals surface area contributed by atoms with E-state index in [-0.39, 0.29) is 11.3 Å². The van der Waals surface area contributed by atoms with Gasteiger partial charge in [-0.05, 0) is 36.8 Å². The van der Waals surface area contributed by atoms with Gasteiger partial charge in [-0.2, -0.15) is 18.4 Å². The van der Waals surface area contributed by atoms with Crippen molar-refractivity contribution in [2.24, 2.45) is 0 Å². The average molecular weight is 520 g/mol. The average Bonchev–Trinajstić information content (AvgIpc) is 3.33. The molecule has 2 heterocycles. The third kappa shape index (κ3) is 3.94. The molecule has 0 radical (unpaired) electrons. The Morgan fingerprint density at radius 3 is 2.45 bits per heavy atom. The van der Waals surface area contributed by atoms with Gasteiger partial charge in [-0.15, -0.1) is 0 Å². The Labute approximate surface area is 213 Å². The van der Waals surface area contributed by atoms with Gasteiger partial charge >= 0.3 is 6.18 Å². The van der Waals surface area contributed by atoms with E-state index in [1.54, 1.807) is 36.4 Å². The number of aromatic nitrogens is 2. The van der Waals surface area contributed by atoms with Crippen LogP contribution in [-0.2, 0) is 23.8 Å². The molecule has 2 aliphatic rings. The zero-order valence-electron chi connectivity index (χ0n) is 19.7. The lowest BCUT2D eigenvalue weighted by Crippen LogP contribution is -2.38. The van der Waals surface area contributed by atoms with Gasteiger partial charge in [0.25, 0.3) is 5.91 Å². The lowest BCUT2D eigenvalue weighted by atomic mass is 9.86. The first-order valence-corrected chi connectivity index (χ1v) is 11.9. The molecule has 1 atom stereocenters. The van der Waals surface area contributed by atoms with Crippen LogP contribution >= 0.6 is 0 Å². The minimum Gasteiger partial charge on any atom is -0.378 e. The maximum Gasteiger partial charge on any atom is 0.422 e. The van der Waals surface area contributed by atoms with Crippen LogP contribution in [0.5, 0.6) is 0 Å². The Balaban J connectivity index is 1.34. The topological polar surface area (TPSA) is 125 Å². The number of aryl methyl sites for hydroxylation is 1. The third-order valence-corrected chi connectivity index (χ3v) is 6.93. The molecule has 1 fully saturated rings. The number of nitrogens with zero attached hydrogens (tertiary/aromatic N) is 3. The number of benzene rings is 2. The van der Waals surface area contributed by atoms with Gasteiger partial charge < -0.3 is 19.5 Å². The highest BCUT2D eigenvalue weighted by Crippen LogP contribution is 2.46. The minimum atomic E-state index is -4.76. The summed E-state index contributed by atoms with van der Waals surface area (Å²) in [6, 6.07) is 14.8. The van der Waals surface area contributed by atoms with Gasteiger partial charge in [0, 0.05) is 16.7 Å². The van der Waals surface area contributed by atoms with Crippen LogP contribution in [0.4, 0.5) is 13.2 Å². The van der Waals surface area contributed by atoms with Gasteiger partial charge in [0.15, 0.2) is 23.3 Å². The number of aliphatic hydroxyl groups excluding tert-OH is 1. The second-order valence-electron chi connectivity index (χ2n) is 9.44. The predicted molar refractivity (Wildman–Crippen MR) is 126 cm³/mol. The van der Waals surface area contributed by atoms with Gasteiger partial charge in [0.05, 0.1) is 6.07 Å². The SMILES string of the molecule is N#CC1(NC(=O)[C@@H](O)c2ccc3c(c2)CCc2c-3noc2-c2noc(-c3ccccc3)c2C(F)(F)F)CC1. The smallest absolute Gasteiger partial charge is 0.378 e. The molecule has 8 nitrogen and oxygen atoms in total. The van der Waals surface area contributed by atoms with Crippen molar-refractivity contribution in [2.45, 2.75) is 43.5 Å². The molecule has 0 saturated heterocycles. The summed E-state index contributed by atoms with van der Waals surface area (Å²) in [4.78, 5) is 12.5. The van der Waals surface area contributed by atoms with Crippen molar-refractivity contribution < 1.29 is 32.1 Å². The molecule has 0 spiro atoms. The van der Waals surface area contributed by atoms with Crippen LogP contribution in [0.15, 0.2) is 57.6 Å². The molecule has 2 N–H and O–H groups in total. The number of halogens is 3. The van der Waals surface area contributed by atoms with Crippen LogP contribution in [0.3, 0.4) is 0 Å². The maximum absolute atomic E-state index is 14.2. The molecule has 2 aliphatic carbocycles. The summed E-state index contributed by atoms with van der Waals surface area (Å²) in [5.41, 5.74) is 0.359. The Bertz CT molecular complexity index is 1600. The van der Waals surface area contributed by atoms with Gasteiger partial charge in [-0.25, -0.2) is 0 Å². The maximum atomic E-state index is 14.2. The third-order valence-electron chi connectivity index (χ3n) is 6.93. The number of carbonyl (C=O) groups excluding carboxylic acids is 1. The molecule has 2 aromatic heterocycles. The van der Waals surface area contributed by atoms with Gasteiger partial charge in [-0.3, -0.25) is 4.79 Å². The summed E-state index contributed by atoms with van der Waals surface area (Å²) < 4.78 is 53.1. The largest absolute Gasteiger partial charge is 0.422 e. The van der Waals surface area contributed by atoms with Crippen molar-refractivity contribution in [2.75, 3.05) is 0 Å². The zero-order chi connectivity index (χ0) is 26.7. The first kappa shape index (κ1) is 23.9. The number of hydrogen-bond acceptors (Lipinski definition) is 7. The summed E-state index contributed by atoms with van der Waals surface area (Å²) in [7, 11) is 0. The Kier molecular flexibility index (Phi) is 5.39. The molecule has 6 rings (SSSR count). The van der Waals surface area contributed by atoms with Crippen molar-refractivity contribution in [1.29, 1.82) is 5.26 Å². The lowest BCUT2D eigenvalue weighted by Gasteiger charge is -2.19. The standard InChI is InChI=1S/C27H19F3N4O4/c28-27(29,30)19-21(34-37-23(19)14-4-2-1-3-5-14)24-18-9-6-15-12-16(7-8-17(15)20(18)33-38-24)22(35)25(36)32-26(13-31)10-11-26/h1-5,7-8,12,22,35H,6,9-11H2,(H,32,36)/t22-/m0/s1.